The van der Waals surface area contributed by atoms with E-state index in [9.17, 15) is 4.79 Å². The molecule has 0 saturated carbocycles. The van der Waals surface area contributed by atoms with Gasteiger partial charge in [0.1, 0.15) is 0 Å². The van der Waals surface area contributed by atoms with Crippen LogP contribution in [0.5, 0.6) is 0 Å². The Hall–Kier alpha value is -1.36. The molecule has 0 bridgehead atoms. The highest BCUT2D eigenvalue weighted by Crippen LogP contribution is 2.07. The third-order valence-electron chi connectivity index (χ3n) is 3.12. The molecule has 1 aliphatic heterocycles. The second kappa shape index (κ2) is 4.65. The molecule has 5 heteroatoms. The summed E-state index contributed by atoms with van der Waals surface area (Å²) in [5.74, 6) is 0.181. The lowest BCUT2D eigenvalue weighted by Gasteiger charge is -2.34. The lowest BCUT2D eigenvalue weighted by Crippen LogP contribution is -2.47. The molecule has 0 atom stereocenters. The highest BCUT2D eigenvalue weighted by atomic mass is 16.2. The SMILES string of the molecule is CC(=O)N1CCN(Cc2cncn2C)CC1. The minimum absolute atomic E-state index is 0.181. The topological polar surface area (TPSA) is 41.4 Å². The normalized spacial score (nSPS) is 17.8. The fourth-order valence-corrected chi connectivity index (χ4v) is 1.99. The van der Waals surface area contributed by atoms with Crippen molar-refractivity contribution in [1.82, 2.24) is 19.4 Å². The number of hydrogen-bond donors (Lipinski definition) is 0. The molecule has 1 aromatic heterocycles. The van der Waals surface area contributed by atoms with Gasteiger partial charge in [-0.1, -0.05) is 0 Å². The molecule has 0 aromatic carbocycles. The molecule has 88 valence electrons. The van der Waals surface area contributed by atoms with Gasteiger partial charge in [0, 0.05) is 52.9 Å². The molecular formula is C11H18N4O. The van der Waals surface area contributed by atoms with Crippen LogP contribution in [0.1, 0.15) is 12.6 Å². The number of aromatic nitrogens is 2. The third-order valence-corrected chi connectivity index (χ3v) is 3.12. The van der Waals surface area contributed by atoms with E-state index in [1.807, 2.05) is 29.0 Å². The zero-order valence-corrected chi connectivity index (χ0v) is 9.89. The largest absolute Gasteiger partial charge is 0.340 e. The Bertz CT molecular complexity index is 366. The standard InChI is InChI=1S/C11H18N4O/c1-10(16)15-5-3-14(4-6-15)8-11-7-12-9-13(11)2/h7,9H,3-6,8H2,1-2H3. The van der Waals surface area contributed by atoms with Crippen LogP contribution in [-0.4, -0.2) is 51.4 Å². The van der Waals surface area contributed by atoms with Crippen molar-refractivity contribution in [1.29, 1.82) is 0 Å². The lowest BCUT2D eigenvalue weighted by atomic mass is 10.3. The molecule has 1 aliphatic rings. The smallest absolute Gasteiger partial charge is 0.219 e. The summed E-state index contributed by atoms with van der Waals surface area (Å²) < 4.78 is 2.04. The van der Waals surface area contributed by atoms with E-state index < -0.39 is 0 Å². The zero-order chi connectivity index (χ0) is 11.5. The summed E-state index contributed by atoms with van der Waals surface area (Å²) in [5.41, 5.74) is 1.22. The van der Waals surface area contributed by atoms with E-state index in [1.54, 1.807) is 6.92 Å². The summed E-state index contributed by atoms with van der Waals surface area (Å²) in [6.45, 7) is 6.13. The van der Waals surface area contributed by atoms with E-state index >= 15 is 0 Å². The van der Waals surface area contributed by atoms with E-state index in [0.29, 0.717) is 0 Å². The summed E-state index contributed by atoms with van der Waals surface area (Å²) in [4.78, 5) is 19.5. The van der Waals surface area contributed by atoms with Crippen LogP contribution in [0.4, 0.5) is 0 Å². The molecule has 5 nitrogen and oxygen atoms in total. The molecule has 0 N–H and O–H groups in total. The van der Waals surface area contributed by atoms with Gasteiger partial charge in [-0.05, 0) is 0 Å². The van der Waals surface area contributed by atoms with Gasteiger partial charge in [-0.25, -0.2) is 4.98 Å². The van der Waals surface area contributed by atoms with Gasteiger partial charge >= 0.3 is 0 Å². The van der Waals surface area contributed by atoms with Crippen LogP contribution < -0.4 is 0 Å². The average molecular weight is 222 g/mol. The highest BCUT2D eigenvalue weighted by molar-refractivity contribution is 5.73. The molecule has 1 aromatic rings. The van der Waals surface area contributed by atoms with E-state index in [0.717, 1.165) is 32.7 Å². The summed E-state index contributed by atoms with van der Waals surface area (Å²) in [6.07, 6.45) is 3.72. The Labute approximate surface area is 95.7 Å². The summed E-state index contributed by atoms with van der Waals surface area (Å²) in [7, 11) is 2.01. The lowest BCUT2D eigenvalue weighted by molar-refractivity contribution is -0.130. The molecule has 16 heavy (non-hydrogen) atoms. The Balaban J connectivity index is 1.86. The van der Waals surface area contributed by atoms with Crippen LogP contribution in [0, 0.1) is 0 Å². The van der Waals surface area contributed by atoms with Crippen molar-refractivity contribution in [3.05, 3.63) is 18.2 Å². The molecule has 0 aliphatic carbocycles. The number of aryl methyl sites for hydroxylation is 1. The van der Waals surface area contributed by atoms with Crippen molar-refractivity contribution in [2.24, 2.45) is 7.05 Å². The summed E-state index contributed by atoms with van der Waals surface area (Å²) >= 11 is 0. The minimum Gasteiger partial charge on any atom is -0.340 e. The van der Waals surface area contributed by atoms with Gasteiger partial charge in [-0.2, -0.15) is 0 Å². The van der Waals surface area contributed by atoms with Gasteiger partial charge in [0.15, 0.2) is 0 Å². The van der Waals surface area contributed by atoms with Gasteiger partial charge in [-0.3, -0.25) is 9.69 Å². The molecule has 2 rings (SSSR count). The van der Waals surface area contributed by atoms with Crippen molar-refractivity contribution in [2.75, 3.05) is 26.2 Å². The van der Waals surface area contributed by atoms with E-state index in [1.165, 1.54) is 5.69 Å². The zero-order valence-electron chi connectivity index (χ0n) is 9.89. The molecule has 0 unspecified atom stereocenters. The third kappa shape index (κ3) is 2.41. The molecule has 1 saturated heterocycles. The van der Waals surface area contributed by atoms with Crippen molar-refractivity contribution >= 4 is 5.91 Å². The number of carbonyl (C=O) groups excluding carboxylic acids is 1. The quantitative estimate of drug-likeness (QED) is 0.712. The van der Waals surface area contributed by atoms with Gasteiger partial charge in [0.25, 0.3) is 0 Å². The summed E-state index contributed by atoms with van der Waals surface area (Å²) in [6, 6.07) is 0. The first-order chi connectivity index (χ1) is 7.66. The molecular weight excluding hydrogens is 204 g/mol. The molecule has 2 heterocycles. The number of hydrogen-bond acceptors (Lipinski definition) is 3. The van der Waals surface area contributed by atoms with Crippen molar-refractivity contribution in [3.8, 4) is 0 Å². The predicted molar refractivity (Wildman–Crippen MR) is 60.7 cm³/mol. The van der Waals surface area contributed by atoms with E-state index in [4.69, 9.17) is 0 Å². The Morgan fingerprint density at radius 2 is 2.06 bits per heavy atom. The Morgan fingerprint density at radius 3 is 2.56 bits per heavy atom. The first kappa shape index (κ1) is 11.1. The highest BCUT2D eigenvalue weighted by Gasteiger charge is 2.18. The van der Waals surface area contributed by atoms with Crippen molar-refractivity contribution < 1.29 is 4.79 Å². The van der Waals surface area contributed by atoms with Gasteiger partial charge in [0.2, 0.25) is 5.91 Å². The van der Waals surface area contributed by atoms with Gasteiger partial charge in [0.05, 0.1) is 12.0 Å². The van der Waals surface area contributed by atoms with Crippen molar-refractivity contribution in [2.45, 2.75) is 13.5 Å². The number of amides is 1. The van der Waals surface area contributed by atoms with Crippen LogP contribution in [0.2, 0.25) is 0 Å². The molecule has 1 amide bonds. The summed E-state index contributed by atoms with van der Waals surface area (Å²) in [5, 5.41) is 0. The fourth-order valence-electron chi connectivity index (χ4n) is 1.99. The first-order valence-corrected chi connectivity index (χ1v) is 5.60. The number of rotatable bonds is 2. The fraction of sp³-hybridized carbons (Fsp3) is 0.636. The number of piperazine rings is 1. The molecule has 1 fully saturated rings. The Kier molecular flexibility index (Phi) is 3.24. The van der Waals surface area contributed by atoms with Crippen LogP contribution in [0.3, 0.4) is 0 Å². The number of imidazole rings is 1. The maximum absolute atomic E-state index is 11.2. The Morgan fingerprint density at radius 1 is 1.38 bits per heavy atom. The van der Waals surface area contributed by atoms with Crippen LogP contribution in [-0.2, 0) is 18.4 Å². The van der Waals surface area contributed by atoms with Crippen LogP contribution in [0.15, 0.2) is 12.5 Å². The average Bonchev–Trinajstić information content (AvgIpc) is 2.65. The minimum atomic E-state index is 0.181. The van der Waals surface area contributed by atoms with Crippen LogP contribution >= 0.6 is 0 Å². The maximum Gasteiger partial charge on any atom is 0.219 e. The number of nitrogens with zero attached hydrogens (tertiary/aromatic N) is 4. The first-order valence-electron chi connectivity index (χ1n) is 5.60. The maximum atomic E-state index is 11.2. The second-order valence-corrected chi connectivity index (χ2v) is 4.28. The van der Waals surface area contributed by atoms with E-state index in [-0.39, 0.29) is 5.91 Å². The monoisotopic (exact) mass is 222 g/mol. The molecule has 0 spiro atoms. The van der Waals surface area contributed by atoms with Crippen LogP contribution in [0.25, 0.3) is 0 Å². The second-order valence-electron chi connectivity index (χ2n) is 4.28. The number of carbonyl (C=O) groups is 1. The van der Waals surface area contributed by atoms with Gasteiger partial charge < -0.3 is 9.47 Å². The van der Waals surface area contributed by atoms with Crippen molar-refractivity contribution in [3.63, 3.8) is 0 Å². The molecule has 0 radical (unpaired) electrons. The van der Waals surface area contributed by atoms with E-state index in [2.05, 4.69) is 9.88 Å². The van der Waals surface area contributed by atoms with Gasteiger partial charge in [-0.15, -0.1) is 0 Å². The predicted octanol–water partition coefficient (Wildman–Crippen LogP) is 0.0842.